The number of ether oxygens (including phenoxy) is 1. The summed E-state index contributed by atoms with van der Waals surface area (Å²) in [5, 5.41) is 2.90. The van der Waals surface area contributed by atoms with Gasteiger partial charge in [0.15, 0.2) is 0 Å². The third-order valence-electron chi connectivity index (χ3n) is 3.34. The minimum Gasteiger partial charge on any atom is -0.399 e. The number of benzene rings is 1. The third-order valence-corrected chi connectivity index (χ3v) is 3.99. The SMILES string of the molecule is CCOC1CC(CC(=O)Nc2ccc(N)cc2Br)C1. The molecule has 3 N–H and O–H groups in total. The predicted molar refractivity (Wildman–Crippen MR) is 79.9 cm³/mol. The van der Waals surface area contributed by atoms with Gasteiger partial charge < -0.3 is 15.8 Å². The van der Waals surface area contributed by atoms with Crippen molar-refractivity contribution in [2.24, 2.45) is 5.92 Å². The molecule has 0 spiro atoms. The van der Waals surface area contributed by atoms with E-state index in [1.54, 1.807) is 18.2 Å². The van der Waals surface area contributed by atoms with Gasteiger partial charge in [-0.3, -0.25) is 4.79 Å². The zero-order valence-electron chi connectivity index (χ0n) is 11.0. The zero-order chi connectivity index (χ0) is 13.8. The van der Waals surface area contributed by atoms with Crippen molar-refractivity contribution in [1.29, 1.82) is 0 Å². The summed E-state index contributed by atoms with van der Waals surface area (Å²) in [5.74, 6) is 0.495. The number of hydrogen-bond acceptors (Lipinski definition) is 3. The van der Waals surface area contributed by atoms with Crippen LogP contribution in [-0.2, 0) is 9.53 Å². The van der Waals surface area contributed by atoms with Crippen molar-refractivity contribution in [3.63, 3.8) is 0 Å². The van der Waals surface area contributed by atoms with Crippen LogP contribution in [0.15, 0.2) is 22.7 Å². The summed E-state index contributed by atoms with van der Waals surface area (Å²) in [6.07, 6.45) is 2.89. The molecule has 1 saturated carbocycles. The average Bonchev–Trinajstić information content (AvgIpc) is 2.30. The van der Waals surface area contributed by atoms with Gasteiger partial charge in [0.05, 0.1) is 11.8 Å². The van der Waals surface area contributed by atoms with Crippen molar-refractivity contribution in [2.45, 2.75) is 32.3 Å². The Morgan fingerprint density at radius 3 is 2.89 bits per heavy atom. The Balaban J connectivity index is 1.79. The van der Waals surface area contributed by atoms with Crippen molar-refractivity contribution in [1.82, 2.24) is 0 Å². The van der Waals surface area contributed by atoms with E-state index in [4.69, 9.17) is 10.5 Å². The highest BCUT2D eigenvalue weighted by molar-refractivity contribution is 9.10. The largest absolute Gasteiger partial charge is 0.399 e. The summed E-state index contributed by atoms with van der Waals surface area (Å²) in [5.41, 5.74) is 7.09. The van der Waals surface area contributed by atoms with E-state index in [0.29, 0.717) is 24.1 Å². The lowest BCUT2D eigenvalue weighted by Crippen LogP contribution is -2.33. The lowest BCUT2D eigenvalue weighted by Gasteiger charge is -2.34. The molecule has 0 aliphatic heterocycles. The van der Waals surface area contributed by atoms with E-state index in [0.717, 1.165) is 29.6 Å². The average molecular weight is 327 g/mol. The first-order chi connectivity index (χ1) is 9.08. The van der Waals surface area contributed by atoms with Crippen LogP contribution in [0.5, 0.6) is 0 Å². The molecule has 0 aromatic heterocycles. The Kier molecular flexibility index (Phi) is 4.82. The first kappa shape index (κ1) is 14.3. The fourth-order valence-electron chi connectivity index (χ4n) is 2.31. The Morgan fingerprint density at radius 2 is 2.26 bits per heavy atom. The highest BCUT2D eigenvalue weighted by Gasteiger charge is 2.31. The van der Waals surface area contributed by atoms with Crippen LogP contribution in [0.2, 0.25) is 0 Å². The van der Waals surface area contributed by atoms with E-state index in [2.05, 4.69) is 21.2 Å². The molecule has 1 fully saturated rings. The molecule has 0 atom stereocenters. The molecule has 104 valence electrons. The van der Waals surface area contributed by atoms with E-state index in [1.165, 1.54) is 0 Å². The van der Waals surface area contributed by atoms with Crippen LogP contribution in [0.1, 0.15) is 26.2 Å². The van der Waals surface area contributed by atoms with Gasteiger partial charge in [-0.15, -0.1) is 0 Å². The monoisotopic (exact) mass is 326 g/mol. The molecule has 0 heterocycles. The number of nitrogen functional groups attached to an aromatic ring is 1. The van der Waals surface area contributed by atoms with Gasteiger partial charge in [0.2, 0.25) is 5.91 Å². The Bertz CT molecular complexity index is 459. The molecule has 2 rings (SSSR count). The van der Waals surface area contributed by atoms with Gasteiger partial charge in [-0.05, 0) is 59.8 Å². The topological polar surface area (TPSA) is 64.3 Å². The number of hydrogen-bond donors (Lipinski definition) is 2. The molecule has 0 bridgehead atoms. The second-order valence-corrected chi connectivity index (χ2v) is 5.76. The number of halogens is 1. The van der Waals surface area contributed by atoms with Crippen LogP contribution in [0.4, 0.5) is 11.4 Å². The van der Waals surface area contributed by atoms with Gasteiger partial charge in [-0.1, -0.05) is 0 Å². The van der Waals surface area contributed by atoms with Crippen LogP contribution in [0.3, 0.4) is 0 Å². The number of carbonyl (C=O) groups excluding carboxylic acids is 1. The minimum atomic E-state index is 0.0467. The lowest BCUT2D eigenvalue weighted by atomic mass is 9.80. The highest BCUT2D eigenvalue weighted by Crippen LogP contribution is 2.33. The molecule has 4 nitrogen and oxygen atoms in total. The summed E-state index contributed by atoms with van der Waals surface area (Å²) in [4.78, 5) is 11.9. The van der Waals surface area contributed by atoms with Crippen LogP contribution in [-0.4, -0.2) is 18.6 Å². The normalized spacial score (nSPS) is 21.8. The third kappa shape index (κ3) is 3.94. The summed E-state index contributed by atoms with van der Waals surface area (Å²) in [7, 11) is 0. The molecular formula is C14H19BrN2O2. The van der Waals surface area contributed by atoms with Gasteiger partial charge in [0, 0.05) is 23.2 Å². The van der Waals surface area contributed by atoms with Gasteiger partial charge in [-0.25, -0.2) is 0 Å². The highest BCUT2D eigenvalue weighted by atomic mass is 79.9. The first-order valence-corrected chi connectivity index (χ1v) is 7.34. The van der Waals surface area contributed by atoms with Gasteiger partial charge in [0.1, 0.15) is 0 Å². The fourth-order valence-corrected chi connectivity index (χ4v) is 2.80. The predicted octanol–water partition coefficient (Wildman–Crippen LogP) is 3.18. The fraction of sp³-hybridized carbons (Fsp3) is 0.500. The molecule has 0 radical (unpaired) electrons. The van der Waals surface area contributed by atoms with Crippen molar-refractivity contribution in [3.8, 4) is 0 Å². The van der Waals surface area contributed by atoms with Crippen molar-refractivity contribution < 1.29 is 9.53 Å². The van der Waals surface area contributed by atoms with Gasteiger partial charge >= 0.3 is 0 Å². The van der Waals surface area contributed by atoms with Crippen LogP contribution < -0.4 is 11.1 Å². The summed E-state index contributed by atoms with van der Waals surface area (Å²) in [6.45, 7) is 2.75. The maximum atomic E-state index is 11.9. The number of nitrogens with one attached hydrogen (secondary N) is 1. The van der Waals surface area contributed by atoms with Crippen molar-refractivity contribution in [2.75, 3.05) is 17.7 Å². The maximum Gasteiger partial charge on any atom is 0.224 e. The summed E-state index contributed by atoms with van der Waals surface area (Å²) < 4.78 is 6.29. The molecule has 1 aliphatic rings. The molecule has 0 saturated heterocycles. The second kappa shape index (κ2) is 6.39. The molecule has 1 aromatic carbocycles. The zero-order valence-corrected chi connectivity index (χ0v) is 12.6. The number of anilines is 2. The maximum absolute atomic E-state index is 11.9. The second-order valence-electron chi connectivity index (χ2n) is 4.91. The Labute approximate surface area is 121 Å². The summed E-state index contributed by atoms with van der Waals surface area (Å²) in [6, 6.07) is 5.36. The molecule has 5 heteroatoms. The van der Waals surface area contributed by atoms with Crippen LogP contribution in [0.25, 0.3) is 0 Å². The Hall–Kier alpha value is -1.07. The molecular weight excluding hydrogens is 308 g/mol. The van der Waals surface area contributed by atoms with Crippen molar-refractivity contribution in [3.05, 3.63) is 22.7 Å². The van der Waals surface area contributed by atoms with E-state index < -0.39 is 0 Å². The number of rotatable bonds is 5. The van der Waals surface area contributed by atoms with Gasteiger partial charge in [-0.2, -0.15) is 0 Å². The standard InChI is InChI=1S/C14H19BrN2O2/c1-2-19-11-5-9(6-11)7-14(18)17-13-4-3-10(16)8-12(13)15/h3-4,8-9,11H,2,5-7,16H2,1H3,(H,17,18). The first-order valence-electron chi connectivity index (χ1n) is 6.55. The lowest BCUT2D eigenvalue weighted by molar-refractivity contribution is -0.119. The molecule has 1 aliphatic carbocycles. The van der Waals surface area contributed by atoms with E-state index in [1.807, 2.05) is 6.92 Å². The number of nitrogens with two attached hydrogens (primary N) is 1. The Morgan fingerprint density at radius 1 is 1.53 bits per heavy atom. The molecule has 1 aromatic rings. The van der Waals surface area contributed by atoms with Crippen LogP contribution >= 0.6 is 15.9 Å². The van der Waals surface area contributed by atoms with E-state index >= 15 is 0 Å². The smallest absolute Gasteiger partial charge is 0.224 e. The molecule has 19 heavy (non-hydrogen) atoms. The van der Waals surface area contributed by atoms with E-state index in [9.17, 15) is 4.79 Å². The number of carbonyl (C=O) groups is 1. The number of amides is 1. The van der Waals surface area contributed by atoms with E-state index in [-0.39, 0.29) is 5.91 Å². The summed E-state index contributed by atoms with van der Waals surface area (Å²) >= 11 is 3.39. The van der Waals surface area contributed by atoms with Crippen LogP contribution in [0, 0.1) is 5.92 Å². The minimum absolute atomic E-state index is 0.0467. The van der Waals surface area contributed by atoms with Crippen molar-refractivity contribution >= 4 is 33.2 Å². The quantitative estimate of drug-likeness (QED) is 0.817. The molecule has 0 unspecified atom stereocenters. The van der Waals surface area contributed by atoms with Gasteiger partial charge in [0.25, 0.3) is 0 Å². The molecule has 1 amide bonds.